The van der Waals surface area contributed by atoms with Crippen LogP contribution in [-0.2, 0) is 16.0 Å². The topological polar surface area (TPSA) is 26.3 Å². The van der Waals surface area contributed by atoms with E-state index in [1.807, 2.05) is 36.4 Å². The number of ether oxygens (including phenoxy) is 1. The van der Waals surface area contributed by atoms with Gasteiger partial charge in [0.05, 0.1) is 0 Å². The predicted molar refractivity (Wildman–Crippen MR) is 92.9 cm³/mol. The molecule has 0 aliphatic heterocycles. The summed E-state index contributed by atoms with van der Waals surface area (Å²) in [6.45, 7) is 2.65. The van der Waals surface area contributed by atoms with Crippen molar-refractivity contribution in [2.45, 2.75) is 64.7 Å². The lowest BCUT2D eigenvalue weighted by Crippen LogP contribution is -2.05. The number of allylic oxidation sites excluding steroid dienone is 1. The normalized spacial score (nSPS) is 11.0. The van der Waals surface area contributed by atoms with Gasteiger partial charge in [-0.05, 0) is 24.8 Å². The van der Waals surface area contributed by atoms with Crippen molar-refractivity contribution in [2.24, 2.45) is 0 Å². The van der Waals surface area contributed by atoms with E-state index in [-0.39, 0.29) is 5.97 Å². The second-order valence-corrected chi connectivity index (χ2v) is 5.70. The van der Waals surface area contributed by atoms with Gasteiger partial charge in [0.25, 0.3) is 0 Å². The summed E-state index contributed by atoms with van der Waals surface area (Å²) in [6, 6.07) is 10.0. The summed E-state index contributed by atoms with van der Waals surface area (Å²) >= 11 is 0. The number of hydrogen-bond acceptors (Lipinski definition) is 2. The number of benzene rings is 1. The van der Waals surface area contributed by atoms with Crippen LogP contribution >= 0.6 is 0 Å². The first kappa shape index (κ1) is 18.5. The summed E-state index contributed by atoms with van der Waals surface area (Å²) in [6.07, 6.45) is 14.3. The van der Waals surface area contributed by atoms with Gasteiger partial charge >= 0.3 is 5.97 Å². The Morgan fingerprint density at radius 2 is 1.73 bits per heavy atom. The third-order valence-electron chi connectivity index (χ3n) is 3.69. The van der Waals surface area contributed by atoms with Crippen molar-refractivity contribution in [1.29, 1.82) is 0 Å². The molecule has 122 valence electrons. The minimum Gasteiger partial charge on any atom is -0.461 e. The summed E-state index contributed by atoms with van der Waals surface area (Å²) in [5.41, 5.74) is 1.18. The Balaban J connectivity index is 1.95. The average molecular weight is 302 g/mol. The molecule has 0 fully saturated rings. The number of aryl methyl sites for hydroxylation is 1. The van der Waals surface area contributed by atoms with E-state index in [1.54, 1.807) is 0 Å². The minimum absolute atomic E-state index is 0.118. The summed E-state index contributed by atoms with van der Waals surface area (Å²) < 4.78 is 5.20. The van der Waals surface area contributed by atoms with Crippen LogP contribution in [0.15, 0.2) is 42.5 Å². The molecule has 0 spiro atoms. The average Bonchev–Trinajstić information content (AvgIpc) is 2.55. The van der Waals surface area contributed by atoms with E-state index in [1.165, 1.54) is 44.1 Å². The minimum atomic E-state index is -0.118. The van der Waals surface area contributed by atoms with Gasteiger partial charge in [-0.3, -0.25) is 4.79 Å². The van der Waals surface area contributed by atoms with E-state index in [0.717, 1.165) is 12.8 Å². The molecular weight excluding hydrogens is 272 g/mol. The van der Waals surface area contributed by atoms with Crippen LogP contribution in [0.5, 0.6) is 0 Å². The maximum Gasteiger partial charge on any atom is 0.306 e. The van der Waals surface area contributed by atoms with E-state index in [0.29, 0.717) is 13.0 Å². The number of rotatable bonds is 12. The maximum atomic E-state index is 11.6. The number of carbonyl (C=O) groups excluding carboxylic acids is 1. The molecule has 0 aliphatic rings. The van der Waals surface area contributed by atoms with Gasteiger partial charge in [0.15, 0.2) is 0 Å². The van der Waals surface area contributed by atoms with Gasteiger partial charge < -0.3 is 4.74 Å². The van der Waals surface area contributed by atoms with Crippen LogP contribution in [0.1, 0.15) is 63.9 Å². The van der Waals surface area contributed by atoms with Gasteiger partial charge in [-0.2, -0.15) is 0 Å². The molecule has 1 rings (SSSR count). The molecule has 0 amide bonds. The second-order valence-electron chi connectivity index (χ2n) is 5.70. The highest BCUT2D eigenvalue weighted by Gasteiger charge is 2.01. The highest BCUT2D eigenvalue weighted by Crippen LogP contribution is 2.07. The highest BCUT2D eigenvalue weighted by atomic mass is 16.5. The third kappa shape index (κ3) is 10.2. The monoisotopic (exact) mass is 302 g/mol. The van der Waals surface area contributed by atoms with Gasteiger partial charge in [0.2, 0.25) is 0 Å². The van der Waals surface area contributed by atoms with Crippen molar-refractivity contribution in [3.63, 3.8) is 0 Å². The van der Waals surface area contributed by atoms with Crippen molar-refractivity contribution >= 4 is 5.97 Å². The molecule has 0 atom stereocenters. The van der Waals surface area contributed by atoms with E-state index in [2.05, 4.69) is 13.0 Å². The Bertz CT molecular complexity index is 409. The van der Waals surface area contributed by atoms with Gasteiger partial charge in [-0.25, -0.2) is 0 Å². The number of hydrogen-bond donors (Lipinski definition) is 0. The van der Waals surface area contributed by atoms with Crippen LogP contribution in [0.4, 0.5) is 0 Å². The molecule has 0 bridgehead atoms. The van der Waals surface area contributed by atoms with Crippen LogP contribution < -0.4 is 0 Å². The van der Waals surface area contributed by atoms with Crippen molar-refractivity contribution < 1.29 is 9.53 Å². The SMILES string of the molecule is CCCCCCCC/C=C/COC(=O)CCc1ccccc1. The fourth-order valence-corrected chi connectivity index (χ4v) is 2.33. The lowest BCUT2D eigenvalue weighted by Gasteiger charge is -2.02. The highest BCUT2D eigenvalue weighted by molar-refractivity contribution is 5.69. The quantitative estimate of drug-likeness (QED) is 0.291. The Morgan fingerprint density at radius 1 is 1.00 bits per heavy atom. The summed E-state index contributed by atoms with van der Waals surface area (Å²) in [5.74, 6) is -0.118. The largest absolute Gasteiger partial charge is 0.461 e. The van der Waals surface area contributed by atoms with Crippen LogP contribution in [-0.4, -0.2) is 12.6 Å². The molecule has 1 aromatic rings. The third-order valence-corrected chi connectivity index (χ3v) is 3.69. The first-order chi connectivity index (χ1) is 10.8. The van der Waals surface area contributed by atoms with Crippen LogP contribution in [0, 0.1) is 0 Å². The summed E-state index contributed by atoms with van der Waals surface area (Å²) in [4.78, 5) is 11.6. The lowest BCUT2D eigenvalue weighted by atomic mass is 10.1. The maximum absolute atomic E-state index is 11.6. The Labute approximate surface area is 135 Å². The van der Waals surface area contributed by atoms with E-state index < -0.39 is 0 Å². The van der Waals surface area contributed by atoms with Crippen LogP contribution in [0.25, 0.3) is 0 Å². The zero-order valence-electron chi connectivity index (χ0n) is 13.9. The molecule has 0 unspecified atom stereocenters. The molecule has 0 aliphatic carbocycles. The first-order valence-electron chi connectivity index (χ1n) is 8.67. The number of unbranched alkanes of at least 4 members (excludes halogenated alkanes) is 6. The standard InChI is InChI=1S/C20H30O2/c1-2-3-4-5-6-7-8-9-13-18-22-20(21)17-16-19-14-11-10-12-15-19/h9-15H,2-8,16-18H2,1H3/b13-9+. The smallest absolute Gasteiger partial charge is 0.306 e. The van der Waals surface area contributed by atoms with Crippen molar-refractivity contribution in [3.8, 4) is 0 Å². The van der Waals surface area contributed by atoms with Crippen molar-refractivity contribution in [2.75, 3.05) is 6.61 Å². The predicted octanol–water partition coefficient (Wildman–Crippen LogP) is 5.47. The van der Waals surface area contributed by atoms with Crippen LogP contribution in [0.3, 0.4) is 0 Å². The number of esters is 1. The van der Waals surface area contributed by atoms with Gasteiger partial charge in [-0.1, -0.05) is 81.5 Å². The first-order valence-corrected chi connectivity index (χ1v) is 8.67. The summed E-state index contributed by atoms with van der Waals surface area (Å²) in [5, 5.41) is 0. The fourth-order valence-electron chi connectivity index (χ4n) is 2.33. The van der Waals surface area contributed by atoms with Gasteiger partial charge in [0.1, 0.15) is 6.61 Å². The molecule has 0 N–H and O–H groups in total. The molecule has 2 heteroatoms. The molecule has 22 heavy (non-hydrogen) atoms. The second kappa shape index (κ2) is 13.1. The molecule has 0 saturated carbocycles. The number of carbonyl (C=O) groups is 1. The Morgan fingerprint density at radius 3 is 2.50 bits per heavy atom. The zero-order chi connectivity index (χ0) is 15.9. The van der Waals surface area contributed by atoms with Crippen molar-refractivity contribution in [3.05, 3.63) is 48.0 Å². The molecular formula is C20H30O2. The fraction of sp³-hybridized carbons (Fsp3) is 0.550. The van der Waals surface area contributed by atoms with E-state index in [4.69, 9.17) is 4.74 Å². The molecule has 0 saturated heterocycles. The Kier molecular flexibility index (Phi) is 11.0. The molecule has 0 aromatic heterocycles. The zero-order valence-corrected chi connectivity index (χ0v) is 13.9. The van der Waals surface area contributed by atoms with Gasteiger partial charge in [0, 0.05) is 6.42 Å². The summed E-state index contributed by atoms with van der Waals surface area (Å²) in [7, 11) is 0. The van der Waals surface area contributed by atoms with Crippen molar-refractivity contribution in [1.82, 2.24) is 0 Å². The lowest BCUT2D eigenvalue weighted by molar-refractivity contribution is -0.142. The Hall–Kier alpha value is -1.57. The molecule has 0 radical (unpaired) electrons. The van der Waals surface area contributed by atoms with E-state index in [9.17, 15) is 4.79 Å². The van der Waals surface area contributed by atoms with Gasteiger partial charge in [-0.15, -0.1) is 0 Å². The molecule has 0 heterocycles. The molecule has 2 nitrogen and oxygen atoms in total. The molecule has 1 aromatic carbocycles. The van der Waals surface area contributed by atoms with Crippen LogP contribution in [0.2, 0.25) is 0 Å². The van der Waals surface area contributed by atoms with E-state index >= 15 is 0 Å².